The first-order valence-electron chi connectivity index (χ1n) is 7.53. The molecule has 1 heterocycles. The molecule has 1 aromatic heterocycles. The maximum Gasteiger partial charge on any atom is 0.417 e. The Hall–Kier alpha value is -1.35. The van der Waals surface area contributed by atoms with E-state index in [9.17, 15) is 18.0 Å². The summed E-state index contributed by atoms with van der Waals surface area (Å²) < 4.78 is 38.5. The maximum absolute atomic E-state index is 12.6. The molecule has 0 unspecified atom stereocenters. The average molecular weight is 483 g/mol. The van der Waals surface area contributed by atoms with Crippen LogP contribution in [0.3, 0.4) is 0 Å². The molecule has 1 N–H and O–H groups in total. The number of benzene rings is 1. The topological polar surface area (TPSA) is 42.0 Å². The van der Waals surface area contributed by atoms with Crippen molar-refractivity contribution < 1.29 is 18.0 Å². The van der Waals surface area contributed by atoms with Crippen molar-refractivity contribution in [1.82, 2.24) is 10.3 Å². The van der Waals surface area contributed by atoms with Crippen LogP contribution in [0.25, 0.3) is 0 Å². The second-order valence-electron chi connectivity index (χ2n) is 5.34. The normalized spacial score (nSPS) is 11.4. The van der Waals surface area contributed by atoms with Crippen molar-refractivity contribution in [2.45, 2.75) is 25.4 Å². The summed E-state index contributed by atoms with van der Waals surface area (Å²) in [6, 6.07) is 8.16. The summed E-state index contributed by atoms with van der Waals surface area (Å²) in [6.07, 6.45) is -1.87. The highest BCUT2D eigenvalue weighted by molar-refractivity contribution is 14.1. The number of aryl methyl sites for hydroxylation is 1. The number of rotatable bonds is 6. The lowest BCUT2D eigenvalue weighted by molar-refractivity contribution is -0.137. The fraction of sp³-hybridized carbons (Fsp3) is 0.294. The van der Waals surface area contributed by atoms with Crippen molar-refractivity contribution in [3.8, 4) is 0 Å². The van der Waals surface area contributed by atoms with E-state index < -0.39 is 11.7 Å². The van der Waals surface area contributed by atoms with Gasteiger partial charge in [0.15, 0.2) is 0 Å². The number of nitrogens with zero attached hydrogens (tertiary/aromatic N) is 1. The lowest BCUT2D eigenvalue weighted by atomic mass is 10.1. The van der Waals surface area contributed by atoms with Gasteiger partial charge in [0, 0.05) is 16.3 Å². The Morgan fingerprint density at radius 2 is 1.96 bits per heavy atom. The van der Waals surface area contributed by atoms with Crippen LogP contribution in [0.5, 0.6) is 0 Å². The number of aromatic nitrogens is 1. The Kier molecular flexibility index (Phi) is 7.06. The van der Waals surface area contributed by atoms with Crippen molar-refractivity contribution in [2.75, 3.05) is 6.54 Å². The van der Waals surface area contributed by atoms with Gasteiger partial charge in [0.2, 0.25) is 0 Å². The minimum atomic E-state index is -4.45. The number of unbranched alkanes of at least 4 members (excludes halogenated alkanes) is 1. The highest BCUT2D eigenvalue weighted by Gasteiger charge is 2.31. The molecule has 0 fully saturated rings. The molecule has 3 nitrogen and oxygen atoms in total. The molecule has 0 bridgehead atoms. The summed E-state index contributed by atoms with van der Waals surface area (Å²) in [5, 5.41) is 2.84. The molecule has 1 aromatic carbocycles. The van der Waals surface area contributed by atoms with Crippen LogP contribution in [-0.2, 0) is 12.6 Å². The van der Waals surface area contributed by atoms with E-state index in [-0.39, 0.29) is 10.9 Å². The van der Waals surface area contributed by atoms with Gasteiger partial charge >= 0.3 is 6.18 Å². The number of carbonyl (C=O) groups excluding carboxylic acids is 1. The van der Waals surface area contributed by atoms with Crippen LogP contribution in [0, 0.1) is 3.57 Å². The van der Waals surface area contributed by atoms with E-state index in [1.54, 1.807) is 12.1 Å². The number of alkyl halides is 3. The third-order valence-electron chi connectivity index (χ3n) is 3.49. The van der Waals surface area contributed by atoms with Crippen LogP contribution in [0.4, 0.5) is 13.2 Å². The van der Waals surface area contributed by atoms with Gasteiger partial charge in [-0.15, -0.1) is 0 Å². The summed E-state index contributed by atoms with van der Waals surface area (Å²) in [6.45, 7) is 0.474. The Balaban J connectivity index is 1.78. The number of hydrogen-bond acceptors (Lipinski definition) is 2. The zero-order valence-electron chi connectivity index (χ0n) is 13.0. The summed E-state index contributed by atoms with van der Waals surface area (Å²) in [5.41, 5.74) is 0.195. The van der Waals surface area contributed by atoms with E-state index in [1.165, 1.54) is 0 Å². The molecular formula is C17H15ClF3IN2O. The molecule has 2 rings (SSSR count). The molecule has 0 atom stereocenters. The highest BCUT2D eigenvalue weighted by Crippen LogP contribution is 2.31. The highest BCUT2D eigenvalue weighted by atomic mass is 127. The van der Waals surface area contributed by atoms with Crippen molar-refractivity contribution in [1.29, 1.82) is 0 Å². The van der Waals surface area contributed by atoms with Crippen molar-refractivity contribution in [3.05, 3.63) is 61.9 Å². The van der Waals surface area contributed by atoms with Crippen LogP contribution < -0.4 is 5.32 Å². The van der Waals surface area contributed by atoms with Crippen LogP contribution in [0.2, 0.25) is 5.02 Å². The van der Waals surface area contributed by atoms with Crippen molar-refractivity contribution >= 4 is 40.1 Å². The van der Waals surface area contributed by atoms with Gasteiger partial charge in [-0.1, -0.05) is 23.7 Å². The third kappa shape index (κ3) is 5.85. The molecule has 0 aliphatic carbocycles. The standard InChI is InChI=1S/C17H15ClF3IN2O/c18-13-9-11(17(19,20)21)10-24-15(13)7-3-4-8-23-16(25)12-5-1-2-6-14(12)22/h1-2,5-6,9-10H,3-4,7-8H2,(H,23,25). The quantitative estimate of drug-likeness (QED) is 0.459. The van der Waals surface area contributed by atoms with Gasteiger partial charge in [0.05, 0.1) is 21.8 Å². The molecule has 0 radical (unpaired) electrons. The summed E-state index contributed by atoms with van der Waals surface area (Å²) in [4.78, 5) is 15.8. The monoisotopic (exact) mass is 482 g/mol. The molecule has 8 heteroatoms. The zero-order valence-corrected chi connectivity index (χ0v) is 16.0. The fourth-order valence-corrected chi connectivity index (χ4v) is 3.06. The summed E-state index contributed by atoms with van der Waals surface area (Å²) >= 11 is 7.96. The van der Waals surface area contributed by atoms with Gasteiger partial charge in [-0.2, -0.15) is 13.2 Å². The van der Waals surface area contributed by atoms with Crippen molar-refractivity contribution in [2.24, 2.45) is 0 Å². The smallest absolute Gasteiger partial charge is 0.352 e. The molecular weight excluding hydrogens is 468 g/mol. The predicted molar refractivity (Wildman–Crippen MR) is 98.7 cm³/mol. The molecule has 25 heavy (non-hydrogen) atoms. The molecule has 134 valence electrons. The maximum atomic E-state index is 12.6. The number of pyridine rings is 1. The first-order chi connectivity index (χ1) is 11.8. The number of amides is 1. The van der Waals surface area contributed by atoms with Crippen molar-refractivity contribution in [3.63, 3.8) is 0 Å². The minimum absolute atomic E-state index is 0.0118. The number of nitrogens with one attached hydrogen (secondary N) is 1. The molecule has 0 saturated heterocycles. The second kappa shape index (κ2) is 8.84. The van der Waals surface area contributed by atoms with Crippen LogP contribution in [0.1, 0.15) is 34.5 Å². The first kappa shape index (κ1) is 20.0. The fourth-order valence-electron chi connectivity index (χ4n) is 2.17. The van der Waals surface area contributed by atoms with E-state index in [0.717, 1.165) is 15.8 Å². The molecule has 1 amide bonds. The van der Waals surface area contributed by atoms with Gasteiger partial charge in [-0.25, -0.2) is 0 Å². The Bertz CT molecular complexity index is 753. The molecule has 0 saturated carbocycles. The molecule has 0 aliphatic heterocycles. The van der Waals surface area contributed by atoms with E-state index in [0.29, 0.717) is 37.1 Å². The molecule has 0 spiro atoms. The van der Waals surface area contributed by atoms with Gasteiger partial charge in [0.1, 0.15) is 0 Å². The van der Waals surface area contributed by atoms with Gasteiger partial charge in [-0.05, 0) is 60.1 Å². The Morgan fingerprint density at radius 1 is 1.24 bits per heavy atom. The SMILES string of the molecule is O=C(NCCCCc1ncc(C(F)(F)F)cc1Cl)c1ccccc1I. The minimum Gasteiger partial charge on any atom is -0.352 e. The van der Waals surface area contributed by atoms with E-state index in [4.69, 9.17) is 11.6 Å². The van der Waals surface area contributed by atoms with E-state index >= 15 is 0 Å². The first-order valence-corrected chi connectivity index (χ1v) is 8.99. The van der Waals surface area contributed by atoms with Crippen LogP contribution in [-0.4, -0.2) is 17.4 Å². The Labute approximate surface area is 162 Å². The van der Waals surface area contributed by atoms with Crippen LogP contribution in [0.15, 0.2) is 36.5 Å². The zero-order chi connectivity index (χ0) is 18.4. The van der Waals surface area contributed by atoms with E-state index in [1.807, 2.05) is 12.1 Å². The lowest BCUT2D eigenvalue weighted by Crippen LogP contribution is -2.25. The number of halogens is 5. The third-order valence-corrected chi connectivity index (χ3v) is 4.76. The summed E-state index contributed by atoms with van der Waals surface area (Å²) in [5.74, 6) is -0.143. The lowest BCUT2D eigenvalue weighted by Gasteiger charge is -2.09. The van der Waals surface area contributed by atoms with E-state index in [2.05, 4.69) is 32.9 Å². The second-order valence-corrected chi connectivity index (χ2v) is 6.91. The van der Waals surface area contributed by atoms with Gasteiger partial charge < -0.3 is 5.32 Å². The number of carbonyl (C=O) groups is 1. The molecule has 0 aliphatic rings. The Morgan fingerprint density at radius 3 is 2.60 bits per heavy atom. The largest absolute Gasteiger partial charge is 0.417 e. The average Bonchev–Trinajstić information content (AvgIpc) is 2.55. The van der Waals surface area contributed by atoms with Gasteiger partial charge in [-0.3, -0.25) is 9.78 Å². The predicted octanol–water partition coefficient (Wildman–Crippen LogP) is 5.11. The number of hydrogen-bond donors (Lipinski definition) is 1. The summed E-state index contributed by atoms with van der Waals surface area (Å²) in [7, 11) is 0. The molecule has 2 aromatic rings. The van der Waals surface area contributed by atoms with Crippen LogP contribution >= 0.6 is 34.2 Å². The van der Waals surface area contributed by atoms with Gasteiger partial charge in [0.25, 0.3) is 5.91 Å².